The number of ketones is 1. The second kappa shape index (κ2) is 4.24. The van der Waals surface area contributed by atoms with Gasteiger partial charge in [-0.15, -0.1) is 0 Å². The van der Waals surface area contributed by atoms with Crippen LogP contribution in [0, 0.1) is 11.3 Å². The Morgan fingerprint density at radius 2 is 1.93 bits per heavy atom. The van der Waals surface area contributed by atoms with Gasteiger partial charge in [-0.3, -0.25) is 4.79 Å². The molecule has 0 atom stereocenters. The molecule has 1 aromatic carbocycles. The van der Waals surface area contributed by atoms with Crippen LogP contribution in [0.4, 0.5) is 0 Å². The van der Waals surface area contributed by atoms with E-state index < -0.39 is 5.78 Å². The lowest BCUT2D eigenvalue weighted by Crippen LogP contribution is -1.98. The summed E-state index contributed by atoms with van der Waals surface area (Å²) in [5.41, 5.74) is 0.260. The van der Waals surface area contributed by atoms with E-state index in [1.807, 2.05) is 0 Å². The minimum absolute atomic E-state index is 0.212. The molecular weight excluding hydrogens is 178 g/mol. The number of carbonyl (C=O) groups is 1. The van der Waals surface area contributed by atoms with Crippen LogP contribution in [0.15, 0.2) is 35.9 Å². The van der Waals surface area contributed by atoms with Crippen molar-refractivity contribution in [2.45, 2.75) is 6.92 Å². The molecule has 0 aliphatic heterocycles. The summed E-state index contributed by atoms with van der Waals surface area (Å²) in [6.45, 7) is 1.25. The molecule has 0 unspecified atom stereocenters. The zero-order valence-corrected chi connectivity index (χ0v) is 7.69. The molecule has 0 heterocycles. The molecule has 0 saturated carbocycles. The SMILES string of the molecule is CC(=O)/C(C#N)=C(\O)c1ccccc1. The van der Waals surface area contributed by atoms with E-state index >= 15 is 0 Å². The fourth-order valence-corrected chi connectivity index (χ4v) is 1.04. The second-order valence-corrected chi connectivity index (χ2v) is 2.76. The smallest absolute Gasteiger partial charge is 0.174 e. The topological polar surface area (TPSA) is 61.1 Å². The average Bonchev–Trinajstić information content (AvgIpc) is 2.19. The Hall–Kier alpha value is -2.08. The van der Waals surface area contributed by atoms with Crippen molar-refractivity contribution in [3.05, 3.63) is 41.5 Å². The van der Waals surface area contributed by atoms with Gasteiger partial charge in [0.25, 0.3) is 0 Å². The first-order valence-electron chi connectivity index (χ1n) is 4.06. The van der Waals surface area contributed by atoms with Crippen molar-refractivity contribution in [3.63, 3.8) is 0 Å². The molecule has 0 aliphatic carbocycles. The highest BCUT2D eigenvalue weighted by Crippen LogP contribution is 2.15. The molecular formula is C11H9NO2. The molecule has 0 amide bonds. The number of hydrogen-bond acceptors (Lipinski definition) is 3. The lowest BCUT2D eigenvalue weighted by molar-refractivity contribution is -0.113. The van der Waals surface area contributed by atoms with Gasteiger partial charge in [-0.25, -0.2) is 0 Å². The molecule has 14 heavy (non-hydrogen) atoms. The standard InChI is InChI=1S/C11H9NO2/c1-8(13)10(7-12)11(14)9-5-3-2-4-6-9/h2-6,14H,1H3/b11-10-. The Labute approximate surface area is 81.9 Å². The summed E-state index contributed by atoms with van der Waals surface area (Å²) >= 11 is 0. The number of aliphatic hydroxyl groups excluding tert-OH is 1. The molecule has 1 N–H and O–H groups in total. The molecule has 0 fully saturated rings. The first-order valence-corrected chi connectivity index (χ1v) is 4.06. The Morgan fingerprint density at radius 3 is 2.36 bits per heavy atom. The molecule has 0 radical (unpaired) electrons. The molecule has 0 aliphatic rings. The average molecular weight is 187 g/mol. The lowest BCUT2D eigenvalue weighted by atomic mass is 10.1. The van der Waals surface area contributed by atoms with Crippen LogP contribution in [0.5, 0.6) is 0 Å². The van der Waals surface area contributed by atoms with Gasteiger partial charge in [0.2, 0.25) is 0 Å². The van der Waals surface area contributed by atoms with Crippen molar-refractivity contribution in [2.75, 3.05) is 0 Å². The number of rotatable bonds is 2. The molecule has 0 saturated heterocycles. The van der Waals surface area contributed by atoms with E-state index in [4.69, 9.17) is 5.26 Å². The highest BCUT2D eigenvalue weighted by Gasteiger charge is 2.11. The zero-order valence-electron chi connectivity index (χ0n) is 7.69. The fourth-order valence-electron chi connectivity index (χ4n) is 1.04. The maximum atomic E-state index is 10.9. The van der Waals surface area contributed by atoms with Gasteiger partial charge in [0.05, 0.1) is 0 Å². The maximum absolute atomic E-state index is 10.9. The predicted molar refractivity (Wildman–Crippen MR) is 52.3 cm³/mol. The molecule has 1 aromatic rings. The number of Topliss-reactive ketones (excluding diaryl/α,β-unsaturated/α-hetero) is 1. The van der Waals surface area contributed by atoms with Crippen molar-refractivity contribution in [2.24, 2.45) is 0 Å². The normalized spacial score (nSPS) is 11.4. The van der Waals surface area contributed by atoms with Crippen molar-refractivity contribution in [1.82, 2.24) is 0 Å². The van der Waals surface area contributed by atoms with Crippen molar-refractivity contribution >= 4 is 11.5 Å². The van der Waals surface area contributed by atoms with Crippen LogP contribution in [0.3, 0.4) is 0 Å². The predicted octanol–water partition coefficient (Wildman–Crippen LogP) is 2.07. The van der Waals surface area contributed by atoms with Gasteiger partial charge < -0.3 is 5.11 Å². The molecule has 3 heteroatoms. The minimum atomic E-state index is -0.436. The van der Waals surface area contributed by atoms with Gasteiger partial charge in [0, 0.05) is 12.5 Å². The van der Waals surface area contributed by atoms with Crippen molar-refractivity contribution < 1.29 is 9.90 Å². The molecule has 1 rings (SSSR count). The van der Waals surface area contributed by atoms with E-state index in [-0.39, 0.29) is 11.3 Å². The number of carbonyl (C=O) groups excluding carboxylic acids is 1. The highest BCUT2D eigenvalue weighted by molar-refractivity contribution is 6.03. The molecule has 0 spiro atoms. The summed E-state index contributed by atoms with van der Waals surface area (Å²) in [7, 11) is 0. The Morgan fingerprint density at radius 1 is 1.36 bits per heavy atom. The van der Waals surface area contributed by atoms with E-state index in [2.05, 4.69) is 0 Å². The van der Waals surface area contributed by atoms with Crippen LogP contribution < -0.4 is 0 Å². The van der Waals surface area contributed by atoms with Crippen LogP contribution in [0.25, 0.3) is 5.76 Å². The van der Waals surface area contributed by atoms with Gasteiger partial charge in [0.15, 0.2) is 5.78 Å². The van der Waals surface area contributed by atoms with Crippen LogP contribution in [-0.4, -0.2) is 10.9 Å². The Balaban J connectivity index is 3.23. The third-order valence-electron chi connectivity index (χ3n) is 1.75. The van der Waals surface area contributed by atoms with Gasteiger partial charge in [-0.1, -0.05) is 30.3 Å². The summed E-state index contributed by atoms with van der Waals surface area (Å²) in [5, 5.41) is 18.2. The van der Waals surface area contributed by atoms with E-state index in [1.165, 1.54) is 6.92 Å². The van der Waals surface area contributed by atoms with Crippen LogP contribution >= 0.6 is 0 Å². The van der Waals surface area contributed by atoms with E-state index in [1.54, 1.807) is 36.4 Å². The quantitative estimate of drug-likeness (QED) is 0.438. The molecule has 0 bridgehead atoms. The maximum Gasteiger partial charge on any atom is 0.174 e. The first kappa shape index (κ1) is 10.0. The molecule has 70 valence electrons. The monoisotopic (exact) mass is 187 g/mol. The summed E-state index contributed by atoms with van der Waals surface area (Å²) in [6, 6.07) is 10.2. The number of nitriles is 1. The first-order chi connectivity index (χ1) is 6.66. The van der Waals surface area contributed by atoms with E-state index in [0.29, 0.717) is 5.56 Å². The van der Waals surface area contributed by atoms with E-state index in [9.17, 15) is 9.90 Å². The number of allylic oxidation sites excluding steroid dienone is 1. The summed E-state index contributed by atoms with van der Waals surface area (Å²) in [6.07, 6.45) is 0. The summed E-state index contributed by atoms with van der Waals surface area (Å²) in [4.78, 5) is 10.9. The molecule has 0 aromatic heterocycles. The van der Waals surface area contributed by atoms with Crippen LogP contribution in [0.2, 0.25) is 0 Å². The van der Waals surface area contributed by atoms with Gasteiger partial charge in [-0.05, 0) is 0 Å². The van der Waals surface area contributed by atoms with Crippen LogP contribution in [-0.2, 0) is 4.79 Å². The zero-order chi connectivity index (χ0) is 10.6. The van der Waals surface area contributed by atoms with Crippen molar-refractivity contribution in [3.8, 4) is 6.07 Å². The molecule has 3 nitrogen and oxygen atoms in total. The number of hydrogen-bond donors (Lipinski definition) is 1. The Bertz CT molecular complexity index is 413. The third-order valence-corrected chi connectivity index (χ3v) is 1.75. The third kappa shape index (κ3) is 1.99. The number of benzene rings is 1. The van der Waals surface area contributed by atoms with Crippen LogP contribution in [0.1, 0.15) is 12.5 Å². The summed E-state index contributed by atoms with van der Waals surface area (Å²) in [5.74, 6) is -0.700. The van der Waals surface area contributed by atoms with Gasteiger partial charge in [-0.2, -0.15) is 5.26 Å². The fraction of sp³-hybridized carbons (Fsp3) is 0.0909. The number of aliphatic hydroxyl groups is 1. The minimum Gasteiger partial charge on any atom is -0.506 e. The number of nitrogens with zero attached hydrogens (tertiary/aromatic N) is 1. The van der Waals surface area contributed by atoms with Gasteiger partial charge >= 0.3 is 0 Å². The second-order valence-electron chi connectivity index (χ2n) is 2.76. The lowest BCUT2D eigenvalue weighted by Gasteiger charge is -2.00. The highest BCUT2D eigenvalue weighted by atomic mass is 16.3. The largest absolute Gasteiger partial charge is 0.506 e. The van der Waals surface area contributed by atoms with Crippen molar-refractivity contribution in [1.29, 1.82) is 5.26 Å². The van der Waals surface area contributed by atoms with E-state index in [0.717, 1.165) is 0 Å². The van der Waals surface area contributed by atoms with Gasteiger partial charge in [0.1, 0.15) is 17.4 Å². The Kier molecular flexibility index (Phi) is 3.03. The summed E-state index contributed by atoms with van der Waals surface area (Å²) < 4.78 is 0.